The van der Waals surface area contributed by atoms with Gasteiger partial charge in [0.25, 0.3) is 0 Å². The average Bonchev–Trinajstić information content (AvgIpc) is 2.35. The molecular weight excluding hydrogens is 212 g/mol. The van der Waals surface area contributed by atoms with Gasteiger partial charge in [0.1, 0.15) is 0 Å². The van der Waals surface area contributed by atoms with E-state index < -0.39 is 0 Å². The summed E-state index contributed by atoms with van der Waals surface area (Å²) in [4.78, 5) is 11.3. The Morgan fingerprint density at radius 1 is 1.35 bits per heavy atom. The van der Waals surface area contributed by atoms with Crippen LogP contribution in [0.3, 0.4) is 0 Å². The van der Waals surface area contributed by atoms with Crippen LogP contribution in [0.15, 0.2) is 30.3 Å². The zero-order valence-corrected chi connectivity index (χ0v) is 10.6. The minimum Gasteiger partial charge on any atom is -0.368 e. The summed E-state index contributed by atoms with van der Waals surface area (Å²) in [5.41, 5.74) is 6.65. The van der Waals surface area contributed by atoms with E-state index in [0.717, 1.165) is 19.4 Å². The highest BCUT2D eigenvalue weighted by Gasteiger charge is 2.18. The maximum absolute atomic E-state index is 11.3. The summed E-state index contributed by atoms with van der Waals surface area (Å²) < 4.78 is 0. The fourth-order valence-electron chi connectivity index (χ4n) is 1.89. The van der Waals surface area contributed by atoms with Gasteiger partial charge in [0.05, 0.1) is 6.04 Å². The van der Waals surface area contributed by atoms with Crippen molar-refractivity contribution < 1.29 is 4.79 Å². The number of carbonyl (C=O) groups is 1. The molecule has 1 aromatic rings. The van der Waals surface area contributed by atoms with E-state index in [1.807, 2.05) is 18.2 Å². The highest BCUT2D eigenvalue weighted by Crippen LogP contribution is 2.20. The van der Waals surface area contributed by atoms with Crippen LogP contribution in [0.4, 0.5) is 0 Å². The van der Waals surface area contributed by atoms with Crippen molar-refractivity contribution in [2.45, 2.75) is 38.6 Å². The number of primary amides is 1. The Morgan fingerprint density at radius 3 is 2.53 bits per heavy atom. The Labute approximate surface area is 103 Å². The second-order valence-electron chi connectivity index (χ2n) is 4.46. The Bertz CT molecular complexity index is 337. The first-order valence-corrected chi connectivity index (χ1v) is 6.22. The van der Waals surface area contributed by atoms with Crippen LogP contribution >= 0.6 is 0 Å². The first-order chi connectivity index (χ1) is 8.15. The normalized spacial score (nSPS) is 14.2. The van der Waals surface area contributed by atoms with E-state index in [0.29, 0.717) is 5.92 Å². The summed E-state index contributed by atoms with van der Waals surface area (Å²) in [6.07, 6.45) is 1.75. The summed E-state index contributed by atoms with van der Waals surface area (Å²) in [7, 11) is 0. The van der Waals surface area contributed by atoms with Crippen molar-refractivity contribution in [3.8, 4) is 0 Å². The van der Waals surface area contributed by atoms with Gasteiger partial charge in [0, 0.05) is 0 Å². The third-order valence-corrected chi connectivity index (χ3v) is 2.94. The van der Waals surface area contributed by atoms with E-state index in [1.54, 1.807) is 0 Å². The van der Waals surface area contributed by atoms with Gasteiger partial charge in [-0.2, -0.15) is 0 Å². The molecule has 1 amide bonds. The first kappa shape index (κ1) is 13.7. The topological polar surface area (TPSA) is 55.1 Å². The maximum Gasteiger partial charge on any atom is 0.234 e. The van der Waals surface area contributed by atoms with E-state index in [1.165, 1.54) is 5.56 Å². The number of carbonyl (C=O) groups excluding carboxylic acids is 1. The number of nitrogens with one attached hydrogen (secondary N) is 1. The molecule has 0 aliphatic heterocycles. The summed E-state index contributed by atoms with van der Waals surface area (Å²) in [6, 6.07) is 9.97. The van der Waals surface area contributed by atoms with Gasteiger partial charge in [-0.1, -0.05) is 44.2 Å². The Kier molecular flexibility index (Phi) is 5.70. The molecule has 0 saturated carbocycles. The molecule has 0 heterocycles. The predicted octanol–water partition coefficient (Wildman–Crippen LogP) is 2.03. The number of benzene rings is 1. The summed E-state index contributed by atoms with van der Waals surface area (Å²) in [5, 5.41) is 3.19. The smallest absolute Gasteiger partial charge is 0.234 e. The third kappa shape index (κ3) is 4.57. The van der Waals surface area contributed by atoms with Gasteiger partial charge in [-0.3, -0.25) is 4.79 Å². The van der Waals surface area contributed by atoms with E-state index in [-0.39, 0.29) is 11.9 Å². The van der Waals surface area contributed by atoms with Crippen LogP contribution in [0.2, 0.25) is 0 Å². The zero-order chi connectivity index (χ0) is 12.7. The van der Waals surface area contributed by atoms with Gasteiger partial charge >= 0.3 is 0 Å². The molecule has 0 fully saturated rings. The fraction of sp³-hybridized carbons (Fsp3) is 0.500. The molecule has 0 aliphatic rings. The standard InChI is InChI=1S/C14H22N2O/c1-3-9-16-13(14(15)17)10-11(2)12-7-5-4-6-8-12/h4-8,11,13,16H,3,9-10H2,1-2H3,(H2,15,17). The van der Waals surface area contributed by atoms with Crippen molar-refractivity contribution in [2.75, 3.05) is 6.54 Å². The summed E-state index contributed by atoms with van der Waals surface area (Å²) in [5.74, 6) is 0.0688. The number of amides is 1. The molecule has 3 nitrogen and oxygen atoms in total. The molecule has 0 aromatic heterocycles. The van der Waals surface area contributed by atoms with Crippen LogP contribution in [0, 0.1) is 0 Å². The van der Waals surface area contributed by atoms with Crippen molar-refractivity contribution >= 4 is 5.91 Å². The average molecular weight is 234 g/mol. The van der Waals surface area contributed by atoms with Crippen LogP contribution in [0.1, 0.15) is 38.2 Å². The lowest BCUT2D eigenvalue weighted by Gasteiger charge is -2.19. The molecule has 0 spiro atoms. The SMILES string of the molecule is CCCNC(CC(C)c1ccccc1)C(N)=O. The zero-order valence-electron chi connectivity index (χ0n) is 10.6. The number of hydrogen-bond donors (Lipinski definition) is 2. The lowest BCUT2D eigenvalue weighted by Crippen LogP contribution is -2.42. The Morgan fingerprint density at radius 2 is 2.00 bits per heavy atom. The number of rotatable bonds is 7. The van der Waals surface area contributed by atoms with Gasteiger partial charge < -0.3 is 11.1 Å². The van der Waals surface area contributed by atoms with Crippen molar-refractivity contribution in [1.29, 1.82) is 0 Å². The molecule has 0 bridgehead atoms. The van der Waals surface area contributed by atoms with Gasteiger partial charge in [-0.25, -0.2) is 0 Å². The van der Waals surface area contributed by atoms with E-state index in [9.17, 15) is 4.79 Å². The van der Waals surface area contributed by atoms with E-state index in [4.69, 9.17) is 5.73 Å². The van der Waals surface area contributed by atoms with Gasteiger partial charge in [0.2, 0.25) is 5.91 Å². The Hall–Kier alpha value is -1.35. The quantitative estimate of drug-likeness (QED) is 0.758. The van der Waals surface area contributed by atoms with Crippen molar-refractivity contribution in [3.63, 3.8) is 0 Å². The minimum absolute atomic E-state index is 0.231. The van der Waals surface area contributed by atoms with Gasteiger partial charge in [-0.05, 0) is 30.9 Å². The molecule has 3 heteroatoms. The Balaban J connectivity index is 2.58. The second kappa shape index (κ2) is 7.07. The molecule has 0 aliphatic carbocycles. The molecule has 2 atom stereocenters. The van der Waals surface area contributed by atoms with Gasteiger partial charge in [0.15, 0.2) is 0 Å². The highest BCUT2D eigenvalue weighted by molar-refractivity contribution is 5.79. The fourth-order valence-corrected chi connectivity index (χ4v) is 1.89. The second-order valence-corrected chi connectivity index (χ2v) is 4.46. The third-order valence-electron chi connectivity index (χ3n) is 2.94. The molecule has 17 heavy (non-hydrogen) atoms. The highest BCUT2D eigenvalue weighted by atomic mass is 16.1. The monoisotopic (exact) mass is 234 g/mol. The van der Waals surface area contributed by atoms with Crippen LogP contribution in [0.5, 0.6) is 0 Å². The van der Waals surface area contributed by atoms with Crippen LogP contribution in [0.25, 0.3) is 0 Å². The van der Waals surface area contributed by atoms with Crippen LogP contribution < -0.4 is 11.1 Å². The summed E-state index contributed by atoms with van der Waals surface area (Å²) in [6.45, 7) is 5.03. The summed E-state index contributed by atoms with van der Waals surface area (Å²) >= 11 is 0. The van der Waals surface area contributed by atoms with Crippen LogP contribution in [-0.4, -0.2) is 18.5 Å². The molecular formula is C14H22N2O. The molecule has 2 unspecified atom stereocenters. The molecule has 0 radical (unpaired) electrons. The molecule has 1 aromatic carbocycles. The maximum atomic E-state index is 11.3. The predicted molar refractivity (Wildman–Crippen MR) is 70.8 cm³/mol. The lowest BCUT2D eigenvalue weighted by molar-refractivity contribution is -0.120. The number of hydrogen-bond acceptors (Lipinski definition) is 2. The van der Waals surface area contributed by atoms with Crippen molar-refractivity contribution in [2.24, 2.45) is 5.73 Å². The first-order valence-electron chi connectivity index (χ1n) is 6.22. The number of nitrogens with two attached hydrogens (primary N) is 1. The lowest BCUT2D eigenvalue weighted by atomic mass is 9.93. The van der Waals surface area contributed by atoms with Gasteiger partial charge in [-0.15, -0.1) is 0 Å². The van der Waals surface area contributed by atoms with Crippen LogP contribution in [-0.2, 0) is 4.79 Å². The molecule has 1 rings (SSSR count). The molecule has 94 valence electrons. The minimum atomic E-state index is -0.263. The van der Waals surface area contributed by atoms with Crippen molar-refractivity contribution in [1.82, 2.24) is 5.32 Å². The largest absolute Gasteiger partial charge is 0.368 e. The van der Waals surface area contributed by atoms with E-state index >= 15 is 0 Å². The van der Waals surface area contributed by atoms with E-state index in [2.05, 4.69) is 31.3 Å². The molecule has 0 saturated heterocycles. The molecule has 3 N–H and O–H groups in total. The van der Waals surface area contributed by atoms with Crippen molar-refractivity contribution in [3.05, 3.63) is 35.9 Å².